The van der Waals surface area contributed by atoms with Crippen molar-refractivity contribution in [3.63, 3.8) is 0 Å². The Morgan fingerprint density at radius 2 is 1.75 bits per heavy atom. The van der Waals surface area contributed by atoms with Crippen molar-refractivity contribution in [3.8, 4) is 11.5 Å². The van der Waals surface area contributed by atoms with E-state index < -0.39 is 0 Å². The van der Waals surface area contributed by atoms with E-state index in [4.69, 9.17) is 9.47 Å². The molecule has 0 bridgehead atoms. The van der Waals surface area contributed by atoms with Gasteiger partial charge in [-0.15, -0.1) is 0 Å². The molecule has 0 unspecified atom stereocenters. The maximum absolute atomic E-state index is 11.9. The second-order valence-corrected chi connectivity index (χ2v) is 7.49. The van der Waals surface area contributed by atoms with Gasteiger partial charge in [0.2, 0.25) is 0 Å². The Bertz CT molecular complexity index is 813. The van der Waals surface area contributed by atoms with Gasteiger partial charge in [0.05, 0.1) is 12.8 Å². The Balaban J connectivity index is 1.42. The van der Waals surface area contributed by atoms with E-state index >= 15 is 0 Å². The van der Waals surface area contributed by atoms with Crippen LogP contribution in [0.25, 0.3) is 0 Å². The maximum Gasteiger partial charge on any atom is 0.277 e. The first-order chi connectivity index (χ1) is 13.6. The van der Waals surface area contributed by atoms with Crippen LogP contribution < -0.4 is 14.9 Å². The number of aryl methyl sites for hydroxylation is 2. The van der Waals surface area contributed by atoms with Crippen LogP contribution in [0.2, 0.25) is 0 Å². The van der Waals surface area contributed by atoms with Crippen molar-refractivity contribution in [2.24, 2.45) is 11.0 Å². The molecule has 1 aliphatic carbocycles. The van der Waals surface area contributed by atoms with Gasteiger partial charge in [-0.05, 0) is 84.7 Å². The van der Waals surface area contributed by atoms with Crippen LogP contribution in [-0.4, -0.2) is 25.3 Å². The van der Waals surface area contributed by atoms with Gasteiger partial charge in [-0.1, -0.05) is 19.9 Å². The molecule has 2 aromatic carbocycles. The summed E-state index contributed by atoms with van der Waals surface area (Å²) >= 11 is 0. The lowest BCUT2D eigenvalue weighted by Gasteiger charge is -2.16. The number of carbonyl (C=O) groups is 1. The van der Waals surface area contributed by atoms with Gasteiger partial charge < -0.3 is 9.47 Å². The van der Waals surface area contributed by atoms with E-state index in [0.717, 1.165) is 29.9 Å². The number of hydrazone groups is 1. The molecule has 1 amide bonds. The summed E-state index contributed by atoms with van der Waals surface area (Å²) in [5, 5.41) is 3.98. The molecule has 3 rings (SSSR count). The van der Waals surface area contributed by atoms with Crippen LogP contribution in [0.1, 0.15) is 43.4 Å². The summed E-state index contributed by atoms with van der Waals surface area (Å²) in [5.41, 5.74) is 6.11. The molecule has 1 N–H and O–H groups in total. The minimum Gasteiger partial charge on any atom is -0.493 e. The van der Waals surface area contributed by atoms with Crippen molar-refractivity contribution in [2.75, 3.05) is 13.2 Å². The standard InChI is InChI=1S/C23H28N2O3/c1-17(2)15-27-21-10-7-18(8-11-21)14-24-25-23(26)16-28-22-12-9-19-5-3-4-6-20(19)13-22/h7-14,17H,3-6,15-16H2,1-2H3,(H,25,26). The number of nitrogens with zero attached hydrogens (tertiary/aromatic N) is 1. The Labute approximate surface area is 166 Å². The number of benzene rings is 2. The van der Waals surface area contributed by atoms with Crippen LogP contribution in [0.5, 0.6) is 11.5 Å². The average Bonchev–Trinajstić information content (AvgIpc) is 2.71. The molecule has 0 saturated heterocycles. The largest absolute Gasteiger partial charge is 0.493 e. The van der Waals surface area contributed by atoms with Gasteiger partial charge in [-0.3, -0.25) is 4.79 Å². The van der Waals surface area contributed by atoms with Crippen LogP contribution in [0.4, 0.5) is 0 Å². The molecule has 2 aromatic rings. The summed E-state index contributed by atoms with van der Waals surface area (Å²) in [6, 6.07) is 13.7. The molecule has 0 saturated carbocycles. The maximum atomic E-state index is 11.9. The van der Waals surface area contributed by atoms with E-state index in [9.17, 15) is 4.79 Å². The number of hydrogen-bond acceptors (Lipinski definition) is 4. The van der Waals surface area contributed by atoms with Crippen LogP contribution in [0.3, 0.4) is 0 Å². The van der Waals surface area contributed by atoms with Crippen LogP contribution >= 0.6 is 0 Å². The highest BCUT2D eigenvalue weighted by Gasteiger charge is 2.10. The van der Waals surface area contributed by atoms with Crippen molar-refractivity contribution in [1.29, 1.82) is 0 Å². The molecular formula is C23H28N2O3. The topological polar surface area (TPSA) is 59.9 Å². The molecule has 0 aliphatic heterocycles. The number of amides is 1. The van der Waals surface area contributed by atoms with Crippen LogP contribution in [0, 0.1) is 5.92 Å². The molecular weight excluding hydrogens is 352 g/mol. The predicted molar refractivity (Wildman–Crippen MR) is 111 cm³/mol. The molecule has 0 heterocycles. The molecule has 5 heteroatoms. The van der Waals surface area contributed by atoms with E-state index in [1.807, 2.05) is 36.4 Å². The molecule has 0 atom stereocenters. The zero-order valence-electron chi connectivity index (χ0n) is 16.6. The van der Waals surface area contributed by atoms with Gasteiger partial charge in [0, 0.05) is 0 Å². The van der Waals surface area contributed by atoms with Gasteiger partial charge in [0.1, 0.15) is 11.5 Å². The minimum absolute atomic E-state index is 0.0574. The van der Waals surface area contributed by atoms with E-state index in [1.165, 1.54) is 24.0 Å². The number of ether oxygens (including phenoxy) is 2. The van der Waals surface area contributed by atoms with E-state index in [-0.39, 0.29) is 12.5 Å². The zero-order valence-corrected chi connectivity index (χ0v) is 16.6. The van der Waals surface area contributed by atoms with Gasteiger partial charge in [0.25, 0.3) is 5.91 Å². The molecule has 5 nitrogen and oxygen atoms in total. The highest BCUT2D eigenvalue weighted by Crippen LogP contribution is 2.25. The summed E-state index contributed by atoms with van der Waals surface area (Å²) in [7, 11) is 0. The second kappa shape index (κ2) is 9.93. The van der Waals surface area contributed by atoms with Crippen LogP contribution in [-0.2, 0) is 17.6 Å². The fraction of sp³-hybridized carbons (Fsp3) is 0.391. The van der Waals surface area contributed by atoms with Crippen molar-refractivity contribution in [1.82, 2.24) is 5.43 Å². The fourth-order valence-corrected chi connectivity index (χ4v) is 3.07. The number of nitrogens with one attached hydrogen (secondary N) is 1. The lowest BCUT2D eigenvalue weighted by atomic mass is 9.92. The zero-order chi connectivity index (χ0) is 19.8. The number of fused-ring (bicyclic) bond motifs is 1. The summed E-state index contributed by atoms with van der Waals surface area (Å²) in [6.07, 6.45) is 6.29. The average molecular weight is 380 g/mol. The smallest absolute Gasteiger partial charge is 0.277 e. The van der Waals surface area contributed by atoms with E-state index in [1.54, 1.807) is 6.21 Å². The first kappa shape index (κ1) is 19.9. The summed E-state index contributed by atoms with van der Waals surface area (Å²) in [4.78, 5) is 11.9. The minimum atomic E-state index is -0.286. The van der Waals surface area contributed by atoms with Crippen molar-refractivity contribution in [2.45, 2.75) is 39.5 Å². The highest BCUT2D eigenvalue weighted by atomic mass is 16.5. The third-order valence-electron chi connectivity index (χ3n) is 4.56. The fourth-order valence-electron chi connectivity index (χ4n) is 3.07. The molecule has 28 heavy (non-hydrogen) atoms. The van der Waals surface area contributed by atoms with Gasteiger partial charge >= 0.3 is 0 Å². The number of carbonyl (C=O) groups excluding carboxylic acids is 1. The Kier molecular flexibility index (Phi) is 7.06. The summed E-state index contributed by atoms with van der Waals surface area (Å²) in [6.45, 7) is 4.85. The Hall–Kier alpha value is -2.82. The third kappa shape index (κ3) is 6.12. The molecule has 0 fully saturated rings. The van der Waals surface area contributed by atoms with Crippen molar-refractivity contribution >= 4 is 12.1 Å². The lowest BCUT2D eigenvalue weighted by Crippen LogP contribution is -2.24. The second-order valence-electron chi connectivity index (χ2n) is 7.49. The van der Waals surface area contributed by atoms with Gasteiger partial charge in [0.15, 0.2) is 6.61 Å². The molecule has 0 aromatic heterocycles. The Morgan fingerprint density at radius 1 is 1.04 bits per heavy atom. The third-order valence-corrected chi connectivity index (χ3v) is 4.56. The first-order valence-corrected chi connectivity index (χ1v) is 9.89. The first-order valence-electron chi connectivity index (χ1n) is 9.89. The predicted octanol–water partition coefficient (Wildman–Crippen LogP) is 4.13. The number of hydrogen-bond donors (Lipinski definition) is 1. The monoisotopic (exact) mass is 380 g/mol. The normalized spacial score (nSPS) is 13.4. The quantitative estimate of drug-likeness (QED) is 0.553. The van der Waals surface area contributed by atoms with Crippen molar-refractivity contribution in [3.05, 3.63) is 59.2 Å². The van der Waals surface area contributed by atoms with E-state index in [0.29, 0.717) is 12.5 Å². The molecule has 0 radical (unpaired) electrons. The molecule has 148 valence electrons. The van der Waals surface area contributed by atoms with E-state index in [2.05, 4.69) is 30.4 Å². The Morgan fingerprint density at radius 3 is 2.50 bits per heavy atom. The number of rotatable bonds is 8. The van der Waals surface area contributed by atoms with Crippen molar-refractivity contribution < 1.29 is 14.3 Å². The van der Waals surface area contributed by atoms with Crippen LogP contribution in [0.15, 0.2) is 47.6 Å². The molecule has 0 spiro atoms. The molecule has 1 aliphatic rings. The van der Waals surface area contributed by atoms with Gasteiger partial charge in [-0.2, -0.15) is 5.10 Å². The lowest BCUT2D eigenvalue weighted by molar-refractivity contribution is -0.123. The highest BCUT2D eigenvalue weighted by molar-refractivity contribution is 5.83. The summed E-state index contributed by atoms with van der Waals surface area (Å²) in [5.74, 6) is 1.76. The summed E-state index contributed by atoms with van der Waals surface area (Å²) < 4.78 is 11.2. The van der Waals surface area contributed by atoms with Gasteiger partial charge in [-0.25, -0.2) is 5.43 Å². The SMILES string of the molecule is CC(C)COc1ccc(C=NNC(=O)COc2ccc3c(c2)CCCC3)cc1.